The van der Waals surface area contributed by atoms with E-state index in [0.29, 0.717) is 6.04 Å². The first-order valence-electron chi connectivity index (χ1n) is 7.66. The second-order valence-electron chi connectivity index (χ2n) is 5.84. The number of imidazole rings is 1. The SMILES string of the molecule is C[C@@H](c1ccccc1)N1CCn2c(nc3cccc(Cl)c32)C1. The van der Waals surface area contributed by atoms with E-state index in [1.54, 1.807) is 0 Å². The number of rotatable bonds is 2. The van der Waals surface area contributed by atoms with Gasteiger partial charge < -0.3 is 4.57 Å². The number of hydrogen-bond acceptors (Lipinski definition) is 2. The smallest absolute Gasteiger partial charge is 0.124 e. The molecule has 0 saturated carbocycles. The Labute approximate surface area is 135 Å². The summed E-state index contributed by atoms with van der Waals surface area (Å²) < 4.78 is 2.27. The molecule has 0 bridgehead atoms. The molecule has 112 valence electrons. The summed E-state index contributed by atoms with van der Waals surface area (Å²) >= 11 is 6.36. The van der Waals surface area contributed by atoms with Crippen molar-refractivity contribution in [1.82, 2.24) is 14.5 Å². The fraction of sp³-hybridized carbons (Fsp3) is 0.278. The highest BCUT2D eigenvalue weighted by molar-refractivity contribution is 6.35. The van der Waals surface area contributed by atoms with E-state index in [-0.39, 0.29) is 0 Å². The molecule has 2 aromatic carbocycles. The quantitative estimate of drug-likeness (QED) is 0.705. The van der Waals surface area contributed by atoms with Gasteiger partial charge in [0.25, 0.3) is 0 Å². The number of nitrogens with zero attached hydrogens (tertiary/aromatic N) is 3. The highest BCUT2D eigenvalue weighted by atomic mass is 35.5. The topological polar surface area (TPSA) is 21.1 Å². The first-order chi connectivity index (χ1) is 10.7. The van der Waals surface area contributed by atoms with Crippen molar-refractivity contribution in [2.45, 2.75) is 26.1 Å². The van der Waals surface area contributed by atoms with E-state index in [0.717, 1.165) is 41.5 Å². The summed E-state index contributed by atoms with van der Waals surface area (Å²) in [6.07, 6.45) is 0. The van der Waals surface area contributed by atoms with Crippen LogP contribution in [0.1, 0.15) is 24.4 Å². The molecule has 4 heteroatoms. The maximum absolute atomic E-state index is 6.36. The van der Waals surface area contributed by atoms with Gasteiger partial charge in [0.05, 0.1) is 22.6 Å². The molecule has 4 rings (SSSR count). The lowest BCUT2D eigenvalue weighted by Gasteiger charge is -2.33. The van der Waals surface area contributed by atoms with Crippen molar-refractivity contribution < 1.29 is 0 Å². The standard InChI is InChI=1S/C18H18ClN3/c1-13(14-6-3-2-4-7-14)21-10-11-22-17(12-21)20-16-9-5-8-15(19)18(16)22/h2-9,13H,10-12H2,1H3/t13-/m0/s1. The highest BCUT2D eigenvalue weighted by Gasteiger charge is 2.24. The van der Waals surface area contributed by atoms with Gasteiger partial charge in [-0.1, -0.05) is 48.0 Å². The van der Waals surface area contributed by atoms with E-state index < -0.39 is 0 Å². The largest absolute Gasteiger partial charge is 0.324 e. The summed E-state index contributed by atoms with van der Waals surface area (Å²) in [6, 6.07) is 17.0. The van der Waals surface area contributed by atoms with Gasteiger partial charge in [0.1, 0.15) is 5.82 Å². The van der Waals surface area contributed by atoms with Gasteiger partial charge in [-0.2, -0.15) is 0 Å². The van der Waals surface area contributed by atoms with Crippen LogP contribution in [0.25, 0.3) is 11.0 Å². The summed E-state index contributed by atoms with van der Waals surface area (Å²) in [6.45, 7) is 5.08. The molecule has 0 unspecified atom stereocenters. The molecular formula is C18H18ClN3. The van der Waals surface area contributed by atoms with Crippen LogP contribution in [0.2, 0.25) is 5.02 Å². The Morgan fingerprint density at radius 2 is 1.86 bits per heavy atom. The molecule has 3 aromatic rings. The van der Waals surface area contributed by atoms with Gasteiger partial charge in [-0.3, -0.25) is 4.90 Å². The molecule has 0 aliphatic carbocycles. The van der Waals surface area contributed by atoms with Crippen LogP contribution in [0.4, 0.5) is 0 Å². The van der Waals surface area contributed by atoms with Crippen molar-refractivity contribution in [1.29, 1.82) is 0 Å². The first-order valence-corrected chi connectivity index (χ1v) is 8.04. The van der Waals surface area contributed by atoms with Crippen LogP contribution in [0.5, 0.6) is 0 Å². The van der Waals surface area contributed by atoms with Crippen LogP contribution in [0.15, 0.2) is 48.5 Å². The number of halogens is 1. The van der Waals surface area contributed by atoms with Gasteiger partial charge in [-0.05, 0) is 24.6 Å². The number of hydrogen-bond donors (Lipinski definition) is 0. The molecule has 22 heavy (non-hydrogen) atoms. The Morgan fingerprint density at radius 1 is 1.05 bits per heavy atom. The maximum atomic E-state index is 6.36. The molecule has 1 aromatic heterocycles. The predicted octanol–water partition coefficient (Wildman–Crippen LogP) is 4.27. The second kappa shape index (κ2) is 5.41. The average Bonchev–Trinajstić information content (AvgIpc) is 2.93. The van der Waals surface area contributed by atoms with Gasteiger partial charge in [0, 0.05) is 19.1 Å². The van der Waals surface area contributed by atoms with Gasteiger partial charge in [-0.15, -0.1) is 0 Å². The minimum atomic E-state index is 0.394. The molecule has 0 amide bonds. The van der Waals surface area contributed by atoms with E-state index in [9.17, 15) is 0 Å². The van der Waals surface area contributed by atoms with Crippen LogP contribution >= 0.6 is 11.6 Å². The minimum Gasteiger partial charge on any atom is -0.324 e. The van der Waals surface area contributed by atoms with Crippen molar-refractivity contribution in [2.24, 2.45) is 0 Å². The van der Waals surface area contributed by atoms with E-state index in [1.807, 2.05) is 18.2 Å². The van der Waals surface area contributed by atoms with E-state index in [4.69, 9.17) is 16.6 Å². The molecular weight excluding hydrogens is 294 g/mol. The van der Waals surface area contributed by atoms with Crippen molar-refractivity contribution in [3.8, 4) is 0 Å². The maximum Gasteiger partial charge on any atom is 0.124 e. The zero-order chi connectivity index (χ0) is 15.1. The van der Waals surface area contributed by atoms with Gasteiger partial charge in [-0.25, -0.2) is 4.98 Å². The summed E-state index contributed by atoms with van der Waals surface area (Å²) in [5, 5.41) is 0.792. The highest BCUT2D eigenvalue weighted by Crippen LogP contribution is 2.30. The van der Waals surface area contributed by atoms with Crippen LogP contribution < -0.4 is 0 Å². The molecule has 0 saturated heterocycles. The lowest BCUT2D eigenvalue weighted by atomic mass is 10.1. The zero-order valence-electron chi connectivity index (χ0n) is 12.5. The molecule has 1 aliphatic rings. The van der Waals surface area contributed by atoms with Crippen molar-refractivity contribution in [3.05, 3.63) is 64.9 Å². The fourth-order valence-electron chi connectivity index (χ4n) is 3.31. The third-order valence-electron chi connectivity index (χ3n) is 4.58. The second-order valence-corrected chi connectivity index (χ2v) is 6.25. The fourth-order valence-corrected chi connectivity index (χ4v) is 3.59. The van der Waals surface area contributed by atoms with Crippen molar-refractivity contribution >= 4 is 22.6 Å². The van der Waals surface area contributed by atoms with Gasteiger partial charge >= 0.3 is 0 Å². The van der Waals surface area contributed by atoms with Gasteiger partial charge in [0.15, 0.2) is 0 Å². The molecule has 2 heterocycles. The molecule has 3 nitrogen and oxygen atoms in total. The molecule has 0 N–H and O–H groups in total. The monoisotopic (exact) mass is 311 g/mol. The summed E-state index contributed by atoms with van der Waals surface area (Å²) in [5.41, 5.74) is 3.42. The van der Waals surface area contributed by atoms with Crippen molar-refractivity contribution in [3.63, 3.8) is 0 Å². The number of benzene rings is 2. The van der Waals surface area contributed by atoms with E-state index >= 15 is 0 Å². The van der Waals surface area contributed by atoms with Crippen LogP contribution in [-0.2, 0) is 13.1 Å². The first kappa shape index (κ1) is 13.8. The lowest BCUT2D eigenvalue weighted by Crippen LogP contribution is -2.35. The Kier molecular flexibility index (Phi) is 3.40. The normalized spacial score (nSPS) is 16.6. The lowest BCUT2D eigenvalue weighted by molar-refractivity contribution is 0.165. The minimum absolute atomic E-state index is 0.394. The third-order valence-corrected chi connectivity index (χ3v) is 4.89. The summed E-state index contributed by atoms with van der Waals surface area (Å²) in [5.74, 6) is 1.11. The van der Waals surface area contributed by atoms with Crippen LogP contribution in [-0.4, -0.2) is 21.0 Å². The molecule has 1 atom stereocenters. The predicted molar refractivity (Wildman–Crippen MR) is 90.0 cm³/mol. The third kappa shape index (κ3) is 2.21. The van der Waals surface area contributed by atoms with Crippen molar-refractivity contribution in [2.75, 3.05) is 6.54 Å². The Morgan fingerprint density at radius 3 is 2.68 bits per heavy atom. The van der Waals surface area contributed by atoms with Crippen LogP contribution in [0.3, 0.4) is 0 Å². The number of fused-ring (bicyclic) bond motifs is 3. The van der Waals surface area contributed by atoms with E-state index in [2.05, 4.69) is 46.7 Å². The Bertz CT molecular complexity index is 810. The van der Waals surface area contributed by atoms with E-state index in [1.165, 1.54) is 5.56 Å². The summed E-state index contributed by atoms with van der Waals surface area (Å²) in [4.78, 5) is 7.25. The number of aromatic nitrogens is 2. The molecule has 0 radical (unpaired) electrons. The molecule has 1 aliphatic heterocycles. The molecule has 0 spiro atoms. The summed E-state index contributed by atoms with van der Waals surface area (Å²) in [7, 11) is 0. The Balaban J connectivity index is 1.67. The Hall–Kier alpha value is -1.84. The molecule has 0 fully saturated rings. The average molecular weight is 312 g/mol. The van der Waals surface area contributed by atoms with Gasteiger partial charge in [0.2, 0.25) is 0 Å². The van der Waals surface area contributed by atoms with Crippen LogP contribution in [0, 0.1) is 0 Å². The zero-order valence-corrected chi connectivity index (χ0v) is 13.3. The number of para-hydroxylation sites is 1.